The van der Waals surface area contributed by atoms with Gasteiger partial charge in [0, 0.05) is 18.7 Å². The molecular weight excluding hydrogens is 300 g/mol. The van der Waals surface area contributed by atoms with Crippen molar-refractivity contribution in [1.82, 2.24) is 0 Å². The zero-order chi connectivity index (χ0) is 15.6. The van der Waals surface area contributed by atoms with E-state index in [0.717, 1.165) is 12.5 Å². The molecule has 0 unspecified atom stereocenters. The molecule has 8 nitrogen and oxygen atoms in total. The monoisotopic (exact) mass is 316 g/mol. The Morgan fingerprint density at radius 1 is 1.38 bits per heavy atom. The van der Waals surface area contributed by atoms with Crippen molar-refractivity contribution >= 4 is 28.1 Å². The Morgan fingerprint density at radius 2 is 2.10 bits per heavy atom. The lowest BCUT2D eigenvalue weighted by atomic mass is 10.1. The smallest absolute Gasteiger partial charge is 0.338 e. The van der Waals surface area contributed by atoms with E-state index in [1.165, 1.54) is 23.5 Å². The van der Waals surface area contributed by atoms with Crippen LogP contribution in [0.25, 0.3) is 0 Å². The zero-order valence-electron chi connectivity index (χ0n) is 11.4. The second kappa shape index (κ2) is 5.88. The molecule has 0 bridgehead atoms. The second-order valence-electron chi connectivity index (χ2n) is 4.63. The third-order valence-corrected chi connectivity index (χ3v) is 5.14. The van der Waals surface area contributed by atoms with Gasteiger partial charge in [-0.15, -0.1) is 10.8 Å². The first kappa shape index (κ1) is 15.5. The van der Waals surface area contributed by atoms with Gasteiger partial charge < -0.3 is 4.74 Å². The molecule has 1 heterocycles. The summed E-state index contributed by atoms with van der Waals surface area (Å²) in [6.45, 7) is 0.365. The third-order valence-electron chi connectivity index (χ3n) is 3.20. The van der Waals surface area contributed by atoms with Crippen molar-refractivity contribution in [3.8, 4) is 0 Å². The van der Waals surface area contributed by atoms with E-state index in [1.54, 1.807) is 0 Å². The number of nitrogens with zero attached hydrogens (tertiary/aromatic N) is 2. The van der Waals surface area contributed by atoms with Gasteiger partial charge in [-0.3, -0.25) is 23.5 Å². The Balaban J connectivity index is 2.49. The highest BCUT2D eigenvalue weighted by Crippen LogP contribution is 2.50. The summed E-state index contributed by atoms with van der Waals surface area (Å²) in [6.07, 6.45) is 1.42. The highest BCUT2D eigenvalue weighted by molar-refractivity contribution is 8.25. The van der Waals surface area contributed by atoms with E-state index >= 15 is 0 Å². The number of esters is 1. The largest absolute Gasteiger partial charge is 0.465 e. The number of methoxy groups -OCH3 is 1. The Bertz CT molecular complexity index is 577. The molecule has 21 heavy (non-hydrogen) atoms. The van der Waals surface area contributed by atoms with Crippen LogP contribution in [0.3, 0.4) is 0 Å². The number of anilines is 1. The topological polar surface area (TPSA) is 113 Å². The average molecular weight is 316 g/mol. The summed E-state index contributed by atoms with van der Waals surface area (Å²) in [4.78, 5) is 21.9. The number of nitro benzene ring substituents is 1. The molecule has 0 atom stereocenters. The second-order valence-corrected chi connectivity index (χ2v) is 6.75. The predicted octanol–water partition coefficient (Wildman–Crippen LogP) is 2.65. The highest BCUT2D eigenvalue weighted by Gasteiger charge is 2.29. The zero-order valence-corrected chi connectivity index (χ0v) is 12.2. The van der Waals surface area contributed by atoms with Crippen LogP contribution < -0.4 is 4.31 Å². The van der Waals surface area contributed by atoms with E-state index in [2.05, 4.69) is 4.74 Å². The minimum Gasteiger partial charge on any atom is -0.465 e. The first-order chi connectivity index (χ1) is 9.85. The molecule has 2 N–H and O–H groups in total. The molecule has 9 heteroatoms. The van der Waals surface area contributed by atoms with Crippen molar-refractivity contribution in [2.45, 2.75) is 12.8 Å². The third kappa shape index (κ3) is 3.26. The lowest BCUT2D eigenvalue weighted by molar-refractivity contribution is -0.384. The van der Waals surface area contributed by atoms with Gasteiger partial charge in [0.15, 0.2) is 0 Å². The number of hydrogen-bond acceptors (Lipinski definition) is 7. The number of ether oxygens (including phenoxy) is 1. The predicted molar refractivity (Wildman–Crippen MR) is 78.7 cm³/mol. The maximum absolute atomic E-state index is 11.6. The fourth-order valence-corrected chi connectivity index (χ4v) is 3.86. The van der Waals surface area contributed by atoms with Gasteiger partial charge in [-0.05, 0) is 18.9 Å². The van der Waals surface area contributed by atoms with Gasteiger partial charge in [-0.1, -0.05) is 0 Å². The van der Waals surface area contributed by atoms with Gasteiger partial charge in [0.05, 0.1) is 29.0 Å². The summed E-state index contributed by atoms with van der Waals surface area (Å²) < 4.78 is 26.1. The fraction of sp³-hybridized carbons (Fsp3) is 0.417. The number of hydrogen-bond donors (Lipinski definition) is 2. The number of nitro groups is 1. The van der Waals surface area contributed by atoms with Crippen molar-refractivity contribution in [2.24, 2.45) is 0 Å². The van der Waals surface area contributed by atoms with E-state index in [4.69, 9.17) is 0 Å². The van der Waals surface area contributed by atoms with E-state index in [-0.39, 0.29) is 22.7 Å². The summed E-state index contributed by atoms with van der Waals surface area (Å²) in [5.41, 5.74) is -0.0551. The van der Waals surface area contributed by atoms with Gasteiger partial charge in [0.25, 0.3) is 5.69 Å². The van der Waals surface area contributed by atoms with Gasteiger partial charge in [0.2, 0.25) is 0 Å². The molecule has 1 saturated heterocycles. The number of benzene rings is 1. The molecule has 0 saturated carbocycles. The lowest BCUT2D eigenvalue weighted by Gasteiger charge is -2.47. The highest BCUT2D eigenvalue weighted by atomic mass is 32.3. The number of carbonyl (C=O) groups is 1. The van der Waals surface area contributed by atoms with Gasteiger partial charge >= 0.3 is 5.97 Å². The molecule has 1 aliphatic heterocycles. The minimum absolute atomic E-state index is 0.00229. The van der Waals surface area contributed by atoms with Crippen molar-refractivity contribution in [1.29, 1.82) is 0 Å². The van der Waals surface area contributed by atoms with Gasteiger partial charge in [0.1, 0.15) is 0 Å². The maximum Gasteiger partial charge on any atom is 0.338 e. The van der Waals surface area contributed by atoms with E-state index < -0.39 is 21.7 Å². The summed E-state index contributed by atoms with van der Waals surface area (Å²) in [5, 5.41) is 11.0. The summed E-state index contributed by atoms with van der Waals surface area (Å²) in [6, 6.07) is 3.70. The Labute approximate surface area is 123 Å². The quantitative estimate of drug-likeness (QED) is 0.500. The number of non-ortho nitro benzene ring substituents is 1. The molecule has 1 aromatic carbocycles. The van der Waals surface area contributed by atoms with Crippen LogP contribution >= 0.6 is 10.8 Å². The van der Waals surface area contributed by atoms with Gasteiger partial charge in [-0.2, -0.15) is 0 Å². The normalized spacial score (nSPS) is 18.9. The van der Waals surface area contributed by atoms with Crippen molar-refractivity contribution in [3.05, 3.63) is 33.9 Å². The SMILES string of the molecule is COC(=O)c1cc(N2CCCCS2(O)O)cc([N+](=O)[O-])c1. The van der Waals surface area contributed by atoms with Crippen LogP contribution in [-0.4, -0.2) is 39.4 Å². The van der Waals surface area contributed by atoms with Crippen LogP contribution in [-0.2, 0) is 4.74 Å². The van der Waals surface area contributed by atoms with Crippen LogP contribution in [0.5, 0.6) is 0 Å². The Kier molecular flexibility index (Phi) is 4.35. The number of carbonyl (C=O) groups excluding carboxylic acids is 1. The first-order valence-electron chi connectivity index (χ1n) is 6.26. The minimum atomic E-state index is -3.01. The Hall–Kier alpha value is -1.84. The first-order valence-corrected chi connectivity index (χ1v) is 7.94. The standard InChI is InChI=1S/C12H16N2O6S/c1-20-12(15)9-6-10(8-11(7-9)14(16)17)13-4-2-3-5-21(13,18)19/h6-8,18-19H,2-5H2,1H3. The molecule has 0 spiro atoms. The van der Waals surface area contributed by atoms with Crippen LogP contribution in [0, 0.1) is 10.1 Å². The fourth-order valence-electron chi connectivity index (χ4n) is 2.19. The van der Waals surface area contributed by atoms with Crippen molar-refractivity contribution < 1.29 is 23.6 Å². The average Bonchev–Trinajstić information content (AvgIpc) is 2.45. The molecule has 2 rings (SSSR count). The van der Waals surface area contributed by atoms with E-state index in [1.807, 2.05) is 0 Å². The molecule has 116 valence electrons. The number of rotatable bonds is 3. The summed E-state index contributed by atoms with van der Waals surface area (Å²) in [5.74, 6) is -0.503. The van der Waals surface area contributed by atoms with Crippen molar-refractivity contribution in [2.75, 3.05) is 23.7 Å². The lowest BCUT2D eigenvalue weighted by Crippen LogP contribution is -2.34. The van der Waals surface area contributed by atoms with Crippen LogP contribution in [0.15, 0.2) is 18.2 Å². The maximum atomic E-state index is 11.6. The molecule has 0 aromatic heterocycles. The van der Waals surface area contributed by atoms with Crippen LogP contribution in [0.2, 0.25) is 0 Å². The van der Waals surface area contributed by atoms with Gasteiger partial charge in [-0.25, -0.2) is 4.79 Å². The molecule has 1 fully saturated rings. The van der Waals surface area contributed by atoms with Crippen molar-refractivity contribution in [3.63, 3.8) is 0 Å². The molecule has 1 aliphatic rings. The van der Waals surface area contributed by atoms with Crippen LogP contribution in [0.4, 0.5) is 11.4 Å². The molecule has 0 radical (unpaired) electrons. The molecule has 1 aromatic rings. The molecular formula is C12H16N2O6S. The Morgan fingerprint density at radius 3 is 2.67 bits per heavy atom. The van der Waals surface area contributed by atoms with Crippen LogP contribution in [0.1, 0.15) is 23.2 Å². The molecule has 0 aliphatic carbocycles. The summed E-state index contributed by atoms with van der Waals surface area (Å²) in [7, 11) is -1.83. The summed E-state index contributed by atoms with van der Waals surface area (Å²) >= 11 is 0. The van der Waals surface area contributed by atoms with E-state index in [9.17, 15) is 24.0 Å². The molecule has 0 amide bonds. The van der Waals surface area contributed by atoms with E-state index in [0.29, 0.717) is 13.0 Å².